The van der Waals surface area contributed by atoms with E-state index >= 15 is 0 Å². The molecule has 0 saturated heterocycles. The maximum absolute atomic E-state index is 13.7. The molecule has 2 aromatic carbocycles. The molecule has 1 aliphatic heterocycles. The van der Waals surface area contributed by atoms with Crippen LogP contribution >= 0.6 is 11.6 Å². The largest absolute Gasteiger partial charge is 0.334 e. The molecule has 0 spiro atoms. The van der Waals surface area contributed by atoms with Crippen molar-refractivity contribution in [3.05, 3.63) is 76.5 Å². The first-order valence-corrected chi connectivity index (χ1v) is 10.9. The molecule has 166 valence electrons. The van der Waals surface area contributed by atoms with Crippen molar-refractivity contribution in [2.45, 2.75) is 33.2 Å². The molecule has 6 nitrogen and oxygen atoms in total. The maximum Gasteiger partial charge on any atom is 0.322 e. The summed E-state index contributed by atoms with van der Waals surface area (Å²) in [7, 11) is 0. The van der Waals surface area contributed by atoms with Crippen LogP contribution in [0.3, 0.4) is 0 Å². The monoisotopic (exact) mass is 454 g/mol. The van der Waals surface area contributed by atoms with E-state index in [2.05, 4.69) is 29.3 Å². The Hall–Kier alpha value is -3.19. The second-order valence-corrected chi connectivity index (χ2v) is 8.64. The summed E-state index contributed by atoms with van der Waals surface area (Å²) in [6.07, 6.45) is 0.845. The van der Waals surface area contributed by atoms with Gasteiger partial charge in [0.25, 0.3) is 5.89 Å². The highest BCUT2D eigenvalue weighted by molar-refractivity contribution is 6.30. The van der Waals surface area contributed by atoms with E-state index in [1.165, 1.54) is 12.1 Å². The summed E-state index contributed by atoms with van der Waals surface area (Å²) >= 11 is 6.22. The number of urea groups is 1. The molecule has 0 fully saturated rings. The minimum absolute atomic E-state index is 0.193. The quantitative estimate of drug-likeness (QED) is 0.490. The second kappa shape index (κ2) is 9.12. The zero-order valence-electron chi connectivity index (χ0n) is 18.1. The fourth-order valence-electron chi connectivity index (χ4n) is 3.73. The molecule has 0 bridgehead atoms. The van der Waals surface area contributed by atoms with E-state index in [4.69, 9.17) is 16.1 Å². The number of nitrogens with one attached hydrogen (secondary N) is 1. The van der Waals surface area contributed by atoms with Crippen molar-refractivity contribution in [2.24, 2.45) is 5.92 Å². The van der Waals surface area contributed by atoms with Gasteiger partial charge in [-0.1, -0.05) is 54.9 Å². The Morgan fingerprint density at radius 1 is 1.22 bits per heavy atom. The van der Waals surface area contributed by atoms with Gasteiger partial charge in [-0.15, -0.1) is 0 Å². The third-order valence-electron chi connectivity index (χ3n) is 5.45. The Morgan fingerprint density at radius 2 is 2.00 bits per heavy atom. The minimum atomic E-state index is -0.516. The van der Waals surface area contributed by atoms with Crippen LogP contribution in [0.15, 0.2) is 58.8 Å². The first-order chi connectivity index (χ1) is 15.3. The summed E-state index contributed by atoms with van der Waals surface area (Å²) in [5, 5.41) is 7.67. The predicted molar refractivity (Wildman–Crippen MR) is 121 cm³/mol. The van der Waals surface area contributed by atoms with Gasteiger partial charge in [0, 0.05) is 22.8 Å². The number of aromatic nitrogens is 2. The highest BCUT2D eigenvalue weighted by Gasteiger charge is 2.35. The molecule has 3 aromatic rings. The van der Waals surface area contributed by atoms with Crippen LogP contribution in [0, 0.1) is 11.7 Å². The highest BCUT2D eigenvalue weighted by Crippen LogP contribution is 2.38. The predicted octanol–water partition coefficient (Wildman–Crippen LogP) is 6.07. The lowest BCUT2D eigenvalue weighted by Gasteiger charge is -2.35. The minimum Gasteiger partial charge on any atom is -0.334 e. The van der Waals surface area contributed by atoms with Gasteiger partial charge in [0.1, 0.15) is 5.82 Å². The van der Waals surface area contributed by atoms with Gasteiger partial charge in [-0.05, 0) is 49.1 Å². The lowest BCUT2D eigenvalue weighted by molar-refractivity contribution is 0.202. The molecule has 0 saturated carbocycles. The topological polar surface area (TPSA) is 71.3 Å². The van der Waals surface area contributed by atoms with Crippen molar-refractivity contribution in [3.63, 3.8) is 0 Å². The van der Waals surface area contributed by atoms with Crippen LogP contribution in [0.4, 0.5) is 9.18 Å². The van der Waals surface area contributed by atoms with Crippen LogP contribution < -0.4 is 5.32 Å². The Morgan fingerprint density at radius 3 is 2.72 bits per heavy atom. The smallest absolute Gasteiger partial charge is 0.322 e. The fourth-order valence-corrected chi connectivity index (χ4v) is 3.93. The number of carbonyl (C=O) groups excluding carboxylic acids is 1. The molecule has 32 heavy (non-hydrogen) atoms. The van der Waals surface area contributed by atoms with Gasteiger partial charge < -0.3 is 9.84 Å². The molecule has 1 aliphatic rings. The fraction of sp³-hybridized carbons (Fsp3) is 0.292. The molecule has 0 radical (unpaired) electrons. The van der Waals surface area contributed by atoms with Crippen molar-refractivity contribution >= 4 is 23.2 Å². The van der Waals surface area contributed by atoms with Crippen molar-refractivity contribution in [1.29, 1.82) is 0 Å². The van der Waals surface area contributed by atoms with E-state index in [-0.39, 0.29) is 23.6 Å². The number of halogens is 2. The lowest BCUT2D eigenvalue weighted by atomic mass is 9.94. The average molecular weight is 455 g/mol. The molecular weight excluding hydrogens is 431 g/mol. The molecule has 1 aromatic heterocycles. The van der Waals surface area contributed by atoms with Crippen LogP contribution in [-0.2, 0) is 0 Å². The Labute approximate surface area is 191 Å². The number of carbonyl (C=O) groups is 1. The number of allylic oxidation sites excluding steroid dienone is 1. The molecule has 8 heteroatoms. The SMILES string of the molecule is CC1=C(c2nc(-c3cccc(F)c3)no2)C(c2cccc(Cl)c2)NC(=O)N1CCC(C)C. The number of amides is 2. The third kappa shape index (κ3) is 4.53. The first kappa shape index (κ1) is 22.0. The van der Waals surface area contributed by atoms with Gasteiger partial charge in [0.2, 0.25) is 5.82 Å². The standard InChI is InChI=1S/C24H24ClFN4O2/c1-14(2)10-11-30-15(3)20(21(27-24(30)31)16-6-4-8-18(25)12-16)23-28-22(29-32-23)17-7-5-9-19(26)13-17/h4-9,12-14,21H,10-11H2,1-3H3,(H,27,31). The Balaban J connectivity index is 1.80. The number of nitrogens with zero attached hydrogens (tertiary/aromatic N) is 3. The summed E-state index contributed by atoms with van der Waals surface area (Å²) in [5.41, 5.74) is 2.72. The molecule has 1 atom stereocenters. The second-order valence-electron chi connectivity index (χ2n) is 8.20. The molecule has 0 aliphatic carbocycles. The van der Waals surface area contributed by atoms with E-state index in [0.717, 1.165) is 17.7 Å². The van der Waals surface area contributed by atoms with E-state index in [0.29, 0.717) is 28.6 Å². The van der Waals surface area contributed by atoms with Gasteiger partial charge in [-0.3, -0.25) is 4.90 Å². The number of rotatable bonds is 6. The van der Waals surface area contributed by atoms with Crippen molar-refractivity contribution < 1.29 is 13.7 Å². The zero-order chi connectivity index (χ0) is 22.8. The molecule has 2 heterocycles. The average Bonchev–Trinajstić information content (AvgIpc) is 3.22. The van der Waals surface area contributed by atoms with E-state index in [1.54, 1.807) is 29.2 Å². The van der Waals surface area contributed by atoms with E-state index in [9.17, 15) is 9.18 Å². The normalized spacial score (nSPS) is 16.6. The van der Waals surface area contributed by atoms with Gasteiger partial charge in [-0.2, -0.15) is 4.98 Å². The molecule has 1 unspecified atom stereocenters. The summed E-state index contributed by atoms with van der Waals surface area (Å²) in [4.78, 5) is 19.2. The number of hydrogen-bond acceptors (Lipinski definition) is 4. The molecule has 2 amide bonds. The lowest BCUT2D eigenvalue weighted by Crippen LogP contribution is -2.46. The summed E-state index contributed by atoms with van der Waals surface area (Å²) in [6.45, 7) is 6.66. The van der Waals surface area contributed by atoms with Crippen LogP contribution in [-0.4, -0.2) is 27.6 Å². The van der Waals surface area contributed by atoms with Gasteiger partial charge in [0.15, 0.2) is 0 Å². The summed E-state index contributed by atoms with van der Waals surface area (Å²) < 4.78 is 19.3. The van der Waals surface area contributed by atoms with Gasteiger partial charge in [-0.25, -0.2) is 9.18 Å². The summed E-state index contributed by atoms with van der Waals surface area (Å²) in [6, 6.07) is 12.6. The number of hydrogen-bond donors (Lipinski definition) is 1. The first-order valence-electron chi connectivity index (χ1n) is 10.5. The van der Waals surface area contributed by atoms with Crippen molar-refractivity contribution in [2.75, 3.05) is 6.54 Å². The Bertz CT molecular complexity index is 1170. The third-order valence-corrected chi connectivity index (χ3v) is 5.68. The molecule has 4 rings (SSSR count). The van der Waals surface area contributed by atoms with Gasteiger partial charge >= 0.3 is 6.03 Å². The maximum atomic E-state index is 13.7. The van der Waals surface area contributed by atoms with Crippen LogP contribution in [0.5, 0.6) is 0 Å². The van der Waals surface area contributed by atoms with E-state index in [1.807, 2.05) is 19.1 Å². The van der Waals surface area contributed by atoms with Crippen molar-refractivity contribution in [3.8, 4) is 11.4 Å². The van der Waals surface area contributed by atoms with Crippen molar-refractivity contribution in [1.82, 2.24) is 20.4 Å². The molecular formula is C24H24ClFN4O2. The van der Waals surface area contributed by atoms with Crippen LogP contribution in [0.2, 0.25) is 5.02 Å². The van der Waals surface area contributed by atoms with Gasteiger partial charge in [0.05, 0.1) is 11.6 Å². The van der Waals surface area contributed by atoms with Crippen LogP contribution in [0.25, 0.3) is 17.0 Å². The van der Waals surface area contributed by atoms with E-state index < -0.39 is 6.04 Å². The summed E-state index contributed by atoms with van der Waals surface area (Å²) in [5.74, 6) is 0.593. The Kier molecular flexibility index (Phi) is 6.28. The number of benzene rings is 2. The van der Waals surface area contributed by atoms with Crippen LogP contribution in [0.1, 0.15) is 44.7 Å². The highest BCUT2D eigenvalue weighted by atomic mass is 35.5. The molecule has 1 N–H and O–H groups in total. The zero-order valence-corrected chi connectivity index (χ0v) is 18.9.